The molecule has 148 valence electrons. The van der Waals surface area contributed by atoms with E-state index in [1.54, 1.807) is 0 Å². The molecule has 5 nitrogen and oxygen atoms in total. The molecule has 1 atom stereocenters. The molecule has 3 rings (SSSR count). The average Bonchev–Trinajstić information content (AvgIpc) is 3.18. The highest BCUT2D eigenvalue weighted by atomic mass is 32.2. The fourth-order valence-corrected chi connectivity index (χ4v) is 7.00. The van der Waals surface area contributed by atoms with E-state index < -0.39 is 34.1 Å². The highest BCUT2D eigenvalue weighted by molar-refractivity contribution is 7.86. The summed E-state index contributed by atoms with van der Waals surface area (Å²) in [4.78, 5) is 0. The van der Waals surface area contributed by atoms with Gasteiger partial charge in [-0.15, -0.1) is 0 Å². The molecular formula is C18H29F2N3O2S. The van der Waals surface area contributed by atoms with Crippen molar-refractivity contribution in [3.8, 4) is 6.07 Å². The standard InChI is InChI=1S/C18H29F2N3O2S/c1-15(13-16(2,19)20)23(18(14-21)7-8-18)26(24,25)22-11-9-17(10-12-22)5-3-4-6-17/h15H,3-13H2,1-2H3/t15-/m0/s1. The molecule has 0 unspecified atom stereocenters. The highest BCUT2D eigenvalue weighted by Gasteiger charge is 2.58. The van der Waals surface area contributed by atoms with Crippen LogP contribution in [0.5, 0.6) is 0 Å². The monoisotopic (exact) mass is 389 g/mol. The molecule has 3 aliphatic rings. The Morgan fingerprint density at radius 1 is 1.15 bits per heavy atom. The van der Waals surface area contributed by atoms with Gasteiger partial charge in [0.25, 0.3) is 10.2 Å². The van der Waals surface area contributed by atoms with Crippen molar-refractivity contribution < 1.29 is 17.2 Å². The fourth-order valence-electron chi connectivity index (χ4n) is 4.91. The predicted octanol–water partition coefficient (Wildman–Crippen LogP) is 3.68. The molecule has 8 heteroatoms. The summed E-state index contributed by atoms with van der Waals surface area (Å²) in [6, 6.07) is 1.18. The van der Waals surface area contributed by atoms with Crippen LogP contribution in [0.4, 0.5) is 8.78 Å². The van der Waals surface area contributed by atoms with Gasteiger partial charge in [0.1, 0.15) is 5.54 Å². The van der Waals surface area contributed by atoms with E-state index in [1.807, 2.05) is 0 Å². The molecule has 2 saturated carbocycles. The van der Waals surface area contributed by atoms with Crippen LogP contribution in [0.25, 0.3) is 0 Å². The third kappa shape index (κ3) is 3.76. The molecule has 0 aromatic heterocycles. The summed E-state index contributed by atoms with van der Waals surface area (Å²) in [7, 11) is -3.94. The maximum absolute atomic E-state index is 13.6. The molecule has 0 aromatic rings. The predicted molar refractivity (Wildman–Crippen MR) is 94.7 cm³/mol. The molecule has 1 heterocycles. The van der Waals surface area contributed by atoms with E-state index in [2.05, 4.69) is 6.07 Å². The third-order valence-corrected chi connectivity index (χ3v) is 8.65. The van der Waals surface area contributed by atoms with E-state index in [4.69, 9.17) is 0 Å². The number of nitrogens with zero attached hydrogens (tertiary/aromatic N) is 3. The number of halogens is 2. The zero-order valence-electron chi connectivity index (χ0n) is 15.7. The summed E-state index contributed by atoms with van der Waals surface area (Å²) in [6.45, 7) is 3.14. The van der Waals surface area contributed by atoms with Gasteiger partial charge in [-0.05, 0) is 57.8 Å². The Kier molecular flexibility index (Phi) is 5.13. The van der Waals surface area contributed by atoms with Crippen LogP contribution < -0.4 is 0 Å². The van der Waals surface area contributed by atoms with Crippen molar-refractivity contribution in [2.24, 2.45) is 5.41 Å². The van der Waals surface area contributed by atoms with Crippen LogP contribution in [0.1, 0.15) is 71.6 Å². The molecule has 3 fully saturated rings. The van der Waals surface area contributed by atoms with Gasteiger partial charge in [-0.3, -0.25) is 0 Å². The Labute approximate surface area is 155 Å². The van der Waals surface area contributed by atoms with Crippen molar-refractivity contribution in [2.75, 3.05) is 13.1 Å². The molecule has 2 aliphatic carbocycles. The summed E-state index contributed by atoms with van der Waals surface area (Å²) in [6.07, 6.45) is 6.65. The molecule has 0 aromatic carbocycles. The molecule has 0 N–H and O–H groups in total. The SMILES string of the molecule is C[C@@H](CC(C)(F)F)N(C1(C#N)CC1)S(=O)(=O)N1CCC2(CCCC2)CC1. The highest BCUT2D eigenvalue weighted by Crippen LogP contribution is 2.49. The Bertz CT molecular complexity index is 664. The van der Waals surface area contributed by atoms with Crippen molar-refractivity contribution in [2.45, 2.75) is 89.1 Å². The van der Waals surface area contributed by atoms with Gasteiger partial charge < -0.3 is 0 Å². The van der Waals surface area contributed by atoms with E-state index >= 15 is 0 Å². The second-order valence-electron chi connectivity index (χ2n) is 8.68. The molecular weight excluding hydrogens is 360 g/mol. The first-order valence-corrected chi connectivity index (χ1v) is 11.0. The normalized spacial score (nSPS) is 26.8. The lowest BCUT2D eigenvalue weighted by molar-refractivity contribution is -0.00639. The first-order valence-electron chi connectivity index (χ1n) is 9.62. The Hall–Kier alpha value is -0.780. The van der Waals surface area contributed by atoms with Crippen LogP contribution >= 0.6 is 0 Å². The Morgan fingerprint density at radius 2 is 1.69 bits per heavy atom. The van der Waals surface area contributed by atoms with E-state index in [9.17, 15) is 22.5 Å². The summed E-state index contributed by atoms with van der Waals surface area (Å²) in [5.41, 5.74) is -0.878. The largest absolute Gasteiger partial charge is 0.283 e. The first-order chi connectivity index (χ1) is 12.0. The maximum atomic E-state index is 13.6. The minimum atomic E-state index is -3.94. The molecule has 1 spiro atoms. The van der Waals surface area contributed by atoms with Crippen molar-refractivity contribution in [1.82, 2.24) is 8.61 Å². The Morgan fingerprint density at radius 3 is 2.12 bits per heavy atom. The first kappa shape index (κ1) is 20.0. The lowest BCUT2D eigenvalue weighted by Gasteiger charge is -2.42. The fraction of sp³-hybridized carbons (Fsp3) is 0.944. The molecule has 26 heavy (non-hydrogen) atoms. The topological polar surface area (TPSA) is 64.4 Å². The van der Waals surface area contributed by atoms with Gasteiger partial charge in [0.15, 0.2) is 0 Å². The number of nitriles is 1. The minimum absolute atomic E-state index is 0.269. The second kappa shape index (κ2) is 6.68. The number of rotatable bonds is 6. The van der Waals surface area contributed by atoms with Crippen LogP contribution in [0, 0.1) is 16.7 Å². The van der Waals surface area contributed by atoms with Gasteiger partial charge in [-0.1, -0.05) is 12.8 Å². The van der Waals surface area contributed by atoms with Gasteiger partial charge in [0, 0.05) is 25.6 Å². The van der Waals surface area contributed by atoms with E-state index in [-0.39, 0.29) is 5.41 Å². The third-order valence-electron chi connectivity index (χ3n) is 6.43. The number of hydrogen-bond donors (Lipinski definition) is 0. The summed E-state index contributed by atoms with van der Waals surface area (Å²) < 4.78 is 56.3. The zero-order chi connectivity index (χ0) is 19.2. The molecule has 0 bridgehead atoms. The second-order valence-corrected chi connectivity index (χ2v) is 10.5. The average molecular weight is 390 g/mol. The number of hydrogen-bond acceptors (Lipinski definition) is 3. The quantitative estimate of drug-likeness (QED) is 0.696. The van der Waals surface area contributed by atoms with Gasteiger partial charge in [-0.2, -0.15) is 22.3 Å². The van der Waals surface area contributed by atoms with Crippen molar-refractivity contribution in [3.05, 3.63) is 0 Å². The van der Waals surface area contributed by atoms with Crippen molar-refractivity contribution in [1.29, 1.82) is 5.26 Å². The lowest BCUT2D eigenvalue weighted by atomic mass is 9.78. The van der Waals surface area contributed by atoms with E-state index in [0.29, 0.717) is 25.9 Å². The van der Waals surface area contributed by atoms with Gasteiger partial charge in [-0.25, -0.2) is 8.78 Å². The molecule has 1 saturated heterocycles. The Balaban J connectivity index is 1.80. The van der Waals surface area contributed by atoms with Crippen molar-refractivity contribution >= 4 is 10.2 Å². The molecule has 0 radical (unpaired) electrons. The summed E-state index contributed by atoms with van der Waals surface area (Å²) in [5, 5.41) is 9.54. The number of piperidine rings is 1. The van der Waals surface area contributed by atoms with Crippen LogP contribution in [-0.2, 0) is 10.2 Å². The lowest BCUT2D eigenvalue weighted by Crippen LogP contribution is -2.56. The minimum Gasteiger partial charge on any atom is -0.207 e. The van der Waals surface area contributed by atoms with Crippen LogP contribution in [0.3, 0.4) is 0 Å². The summed E-state index contributed by atoms with van der Waals surface area (Å²) in [5.74, 6) is -2.98. The van der Waals surface area contributed by atoms with Crippen LogP contribution in [0.2, 0.25) is 0 Å². The van der Waals surface area contributed by atoms with Crippen LogP contribution in [-0.4, -0.2) is 47.6 Å². The van der Waals surface area contributed by atoms with Crippen LogP contribution in [0.15, 0.2) is 0 Å². The smallest absolute Gasteiger partial charge is 0.207 e. The van der Waals surface area contributed by atoms with E-state index in [0.717, 1.165) is 36.9 Å². The molecule has 0 amide bonds. The van der Waals surface area contributed by atoms with Crippen molar-refractivity contribution in [3.63, 3.8) is 0 Å². The summed E-state index contributed by atoms with van der Waals surface area (Å²) >= 11 is 0. The maximum Gasteiger partial charge on any atom is 0.283 e. The number of alkyl halides is 2. The van der Waals surface area contributed by atoms with Gasteiger partial charge in [0.2, 0.25) is 5.92 Å². The zero-order valence-corrected chi connectivity index (χ0v) is 16.5. The van der Waals surface area contributed by atoms with Gasteiger partial charge >= 0.3 is 0 Å². The van der Waals surface area contributed by atoms with E-state index in [1.165, 1.54) is 24.1 Å². The molecule has 1 aliphatic heterocycles. The van der Waals surface area contributed by atoms with Gasteiger partial charge in [0.05, 0.1) is 6.07 Å².